The van der Waals surface area contributed by atoms with Crippen molar-refractivity contribution in [2.24, 2.45) is 5.92 Å². The van der Waals surface area contributed by atoms with Crippen LogP contribution in [0.1, 0.15) is 24.8 Å². The van der Waals surface area contributed by atoms with Crippen molar-refractivity contribution in [3.05, 3.63) is 47.0 Å². The van der Waals surface area contributed by atoms with Gasteiger partial charge >= 0.3 is 0 Å². The number of fused-ring (bicyclic) bond motifs is 1. The van der Waals surface area contributed by atoms with Crippen molar-refractivity contribution in [1.82, 2.24) is 4.90 Å². The molecule has 7 nitrogen and oxygen atoms in total. The van der Waals surface area contributed by atoms with Crippen LogP contribution in [0.25, 0.3) is 0 Å². The molecule has 1 saturated heterocycles. The smallest absolute Gasteiger partial charge is 0.261 e. The predicted molar refractivity (Wildman–Crippen MR) is 127 cm³/mol. The fourth-order valence-electron chi connectivity index (χ4n) is 3.80. The summed E-state index contributed by atoms with van der Waals surface area (Å²) in [5, 5.41) is 3.34. The lowest BCUT2D eigenvalue weighted by Gasteiger charge is -2.18. The van der Waals surface area contributed by atoms with E-state index in [1.807, 2.05) is 4.90 Å². The summed E-state index contributed by atoms with van der Waals surface area (Å²) in [6, 6.07) is 9.56. The van der Waals surface area contributed by atoms with Crippen LogP contribution in [0.15, 0.2) is 46.2 Å². The van der Waals surface area contributed by atoms with E-state index in [4.69, 9.17) is 11.6 Å². The van der Waals surface area contributed by atoms with E-state index in [2.05, 4.69) is 10.0 Å². The fraction of sp³-hybridized carbons (Fsp3) is 0.364. The minimum atomic E-state index is -3.87. The summed E-state index contributed by atoms with van der Waals surface area (Å²) < 4.78 is 28.4. The van der Waals surface area contributed by atoms with Crippen molar-refractivity contribution in [3.8, 4) is 0 Å². The molecular formula is C22H24ClN3O4S2. The molecule has 0 spiro atoms. The number of carbonyl (C=O) groups excluding carboxylic acids is 2. The lowest BCUT2D eigenvalue weighted by molar-refractivity contribution is -0.133. The first-order chi connectivity index (χ1) is 15.2. The van der Waals surface area contributed by atoms with Gasteiger partial charge in [-0.25, -0.2) is 8.42 Å². The number of likely N-dealkylation sites (tertiary alicyclic amines) is 1. The Morgan fingerprint density at radius 2 is 1.97 bits per heavy atom. The highest BCUT2D eigenvalue weighted by Crippen LogP contribution is 2.36. The van der Waals surface area contributed by atoms with Crippen molar-refractivity contribution < 1.29 is 18.0 Å². The van der Waals surface area contributed by atoms with Gasteiger partial charge in [0.05, 0.1) is 22.2 Å². The van der Waals surface area contributed by atoms with Crippen LogP contribution in [0.3, 0.4) is 0 Å². The maximum Gasteiger partial charge on any atom is 0.261 e. The topological polar surface area (TPSA) is 95.6 Å². The molecule has 0 aromatic heterocycles. The Balaban J connectivity index is 1.50. The molecule has 1 atom stereocenters. The summed E-state index contributed by atoms with van der Waals surface area (Å²) >= 11 is 7.40. The Morgan fingerprint density at radius 3 is 2.69 bits per heavy atom. The highest BCUT2D eigenvalue weighted by atomic mass is 35.5. The standard InChI is InChI=1S/C22H24ClN3O4S2/c1-14-10-16(23)4-6-18(14)25-32(29,30)17-5-7-20-19(12-17)24-22(28)15(13-31-20)11-21(27)26-8-2-3-9-26/h4-7,10,12,15,25H,2-3,8-9,11,13H2,1H3,(H,24,28)/t15-/m0/s1. The highest BCUT2D eigenvalue weighted by Gasteiger charge is 2.30. The van der Waals surface area contributed by atoms with Crippen molar-refractivity contribution in [3.63, 3.8) is 0 Å². The Hall–Kier alpha value is -2.23. The summed E-state index contributed by atoms with van der Waals surface area (Å²) in [6.45, 7) is 3.27. The average molecular weight is 494 g/mol. The van der Waals surface area contributed by atoms with Gasteiger partial charge in [-0.2, -0.15) is 0 Å². The quantitative estimate of drug-likeness (QED) is 0.653. The average Bonchev–Trinajstić information content (AvgIpc) is 3.23. The first-order valence-corrected chi connectivity index (χ1v) is 13.2. The van der Waals surface area contributed by atoms with Crippen LogP contribution >= 0.6 is 23.4 Å². The Kier molecular flexibility index (Phi) is 6.69. The third-order valence-corrected chi connectivity index (χ3v) is 8.48. The molecule has 2 N–H and O–H groups in total. The molecule has 0 radical (unpaired) electrons. The molecule has 1 fully saturated rings. The zero-order chi connectivity index (χ0) is 22.9. The minimum absolute atomic E-state index is 0.00000672. The molecule has 2 amide bonds. The summed E-state index contributed by atoms with van der Waals surface area (Å²) in [7, 11) is -3.87. The maximum atomic E-state index is 12.9. The Bertz CT molecular complexity index is 1160. The van der Waals surface area contributed by atoms with Crippen LogP contribution in [-0.2, 0) is 19.6 Å². The zero-order valence-electron chi connectivity index (χ0n) is 17.6. The van der Waals surface area contributed by atoms with Crippen LogP contribution in [0, 0.1) is 12.8 Å². The fourth-order valence-corrected chi connectivity index (χ4v) is 6.27. The number of anilines is 2. The van der Waals surface area contributed by atoms with Gasteiger partial charge in [0.1, 0.15) is 0 Å². The first-order valence-electron chi connectivity index (χ1n) is 10.4. The maximum absolute atomic E-state index is 12.9. The first kappa shape index (κ1) is 22.9. The molecule has 32 heavy (non-hydrogen) atoms. The molecule has 0 bridgehead atoms. The molecule has 2 aromatic rings. The number of sulfonamides is 1. The van der Waals surface area contributed by atoms with Crippen molar-refractivity contribution >= 4 is 56.6 Å². The SMILES string of the molecule is Cc1cc(Cl)ccc1NS(=O)(=O)c1ccc2c(c1)NC(=O)[C@@H](CC(=O)N1CCCC1)CS2. The molecule has 2 aliphatic heterocycles. The second-order valence-electron chi connectivity index (χ2n) is 8.01. The number of carbonyl (C=O) groups is 2. The lowest BCUT2D eigenvalue weighted by atomic mass is 10.1. The lowest BCUT2D eigenvalue weighted by Crippen LogP contribution is -2.33. The molecule has 0 unspecified atom stereocenters. The summed E-state index contributed by atoms with van der Waals surface area (Å²) in [5.74, 6) is -0.262. The van der Waals surface area contributed by atoms with E-state index in [9.17, 15) is 18.0 Å². The van der Waals surface area contributed by atoms with E-state index in [0.717, 1.165) is 30.8 Å². The van der Waals surface area contributed by atoms with Crippen LogP contribution in [0.5, 0.6) is 0 Å². The van der Waals surface area contributed by atoms with Gasteiger partial charge in [-0.15, -0.1) is 11.8 Å². The monoisotopic (exact) mass is 493 g/mol. The van der Waals surface area contributed by atoms with E-state index >= 15 is 0 Å². The molecule has 10 heteroatoms. The minimum Gasteiger partial charge on any atom is -0.343 e. The van der Waals surface area contributed by atoms with E-state index < -0.39 is 15.9 Å². The van der Waals surface area contributed by atoms with Gasteiger partial charge in [0.25, 0.3) is 10.0 Å². The van der Waals surface area contributed by atoms with Crippen LogP contribution in [0.2, 0.25) is 5.02 Å². The summed E-state index contributed by atoms with van der Waals surface area (Å²) in [6.07, 6.45) is 2.17. The van der Waals surface area contributed by atoms with E-state index in [1.165, 1.54) is 23.9 Å². The zero-order valence-corrected chi connectivity index (χ0v) is 19.9. The van der Waals surface area contributed by atoms with Gasteiger partial charge in [-0.05, 0) is 61.7 Å². The molecule has 170 valence electrons. The number of nitrogens with one attached hydrogen (secondary N) is 2. The van der Waals surface area contributed by atoms with Gasteiger partial charge in [-0.3, -0.25) is 14.3 Å². The molecule has 2 aliphatic rings. The third-order valence-electron chi connectivity index (χ3n) is 5.64. The molecule has 0 aliphatic carbocycles. The van der Waals surface area contributed by atoms with Gasteiger partial charge in [0, 0.05) is 35.2 Å². The second kappa shape index (κ2) is 9.33. The number of aryl methyl sites for hydroxylation is 1. The molecule has 2 heterocycles. The number of hydrogen-bond donors (Lipinski definition) is 2. The van der Waals surface area contributed by atoms with Crippen LogP contribution in [-0.4, -0.2) is 44.0 Å². The summed E-state index contributed by atoms with van der Waals surface area (Å²) in [5.41, 5.74) is 1.57. The largest absolute Gasteiger partial charge is 0.343 e. The number of halogens is 1. The van der Waals surface area contributed by atoms with Gasteiger partial charge in [-0.1, -0.05) is 11.6 Å². The number of thioether (sulfide) groups is 1. The van der Waals surface area contributed by atoms with Gasteiger partial charge in [0.15, 0.2) is 0 Å². The number of hydrogen-bond acceptors (Lipinski definition) is 5. The van der Waals surface area contributed by atoms with Crippen molar-refractivity contribution in [1.29, 1.82) is 0 Å². The third kappa shape index (κ3) is 5.05. The van der Waals surface area contributed by atoms with Crippen molar-refractivity contribution in [2.45, 2.75) is 36.0 Å². The number of benzene rings is 2. The Labute approximate surface area is 196 Å². The van der Waals surface area contributed by atoms with Gasteiger partial charge in [0.2, 0.25) is 11.8 Å². The Morgan fingerprint density at radius 1 is 1.22 bits per heavy atom. The molecule has 2 aromatic carbocycles. The molecule has 0 saturated carbocycles. The number of amides is 2. The van der Waals surface area contributed by atoms with E-state index in [0.29, 0.717) is 27.7 Å². The summed E-state index contributed by atoms with van der Waals surface area (Å²) in [4.78, 5) is 27.9. The molecular weight excluding hydrogens is 470 g/mol. The number of nitrogens with zero attached hydrogens (tertiary/aromatic N) is 1. The number of rotatable bonds is 5. The second-order valence-corrected chi connectivity index (χ2v) is 11.2. The molecule has 4 rings (SSSR count). The van der Waals surface area contributed by atoms with Crippen LogP contribution < -0.4 is 10.0 Å². The predicted octanol–water partition coefficient (Wildman–Crippen LogP) is 4.12. The highest BCUT2D eigenvalue weighted by molar-refractivity contribution is 7.99. The van der Waals surface area contributed by atoms with E-state index in [-0.39, 0.29) is 23.1 Å². The van der Waals surface area contributed by atoms with Crippen molar-refractivity contribution in [2.75, 3.05) is 28.9 Å². The van der Waals surface area contributed by atoms with Crippen LogP contribution in [0.4, 0.5) is 11.4 Å². The normalized spacial score (nSPS) is 18.6. The van der Waals surface area contributed by atoms with Gasteiger partial charge < -0.3 is 10.2 Å². The van der Waals surface area contributed by atoms with E-state index in [1.54, 1.807) is 31.2 Å².